The summed E-state index contributed by atoms with van der Waals surface area (Å²) in [6, 6.07) is -0.409. The first-order chi connectivity index (χ1) is 9.04. The second-order valence-electron chi connectivity index (χ2n) is 4.94. The van der Waals surface area contributed by atoms with Crippen LogP contribution in [0.4, 0.5) is 0 Å². The van der Waals surface area contributed by atoms with Gasteiger partial charge in [-0.05, 0) is 14.1 Å². The quantitative estimate of drug-likeness (QED) is 0.584. The van der Waals surface area contributed by atoms with Gasteiger partial charge in [-0.3, -0.25) is 9.59 Å². The lowest BCUT2D eigenvalue weighted by Gasteiger charge is -2.32. The number of nitrogens with zero attached hydrogens (tertiary/aromatic N) is 2. The van der Waals surface area contributed by atoms with Gasteiger partial charge in [0, 0.05) is 32.7 Å². The van der Waals surface area contributed by atoms with Gasteiger partial charge in [0.1, 0.15) is 0 Å². The molecule has 0 bridgehead atoms. The number of rotatable bonds is 7. The first-order valence-corrected chi connectivity index (χ1v) is 6.59. The molecule has 0 aliphatic carbocycles. The average molecular weight is 268 g/mol. The van der Waals surface area contributed by atoms with Crippen LogP contribution in [0.3, 0.4) is 0 Å². The average Bonchev–Trinajstić information content (AvgIpc) is 2.34. The van der Waals surface area contributed by atoms with Crippen molar-refractivity contribution >= 4 is 11.8 Å². The van der Waals surface area contributed by atoms with Crippen molar-refractivity contribution in [1.82, 2.24) is 20.4 Å². The van der Waals surface area contributed by atoms with Gasteiger partial charge in [-0.25, -0.2) is 0 Å². The summed E-state index contributed by atoms with van der Waals surface area (Å²) in [4.78, 5) is 27.5. The molecule has 0 saturated carbocycles. The summed E-state index contributed by atoms with van der Waals surface area (Å²) in [5.41, 5.74) is 0. The molecule has 6 nitrogen and oxygen atoms in total. The summed E-state index contributed by atoms with van der Waals surface area (Å²) in [5.74, 6) is -0.109. The predicted molar refractivity (Wildman–Crippen MR) is 74.7 cm³/mol. The summed E-state index contributed by atoms with van der Waals surface area (Å²) in [5, 5.41) is 5.91. The third-order valence-corrected chi connectivity index (χ3v) is 3.00. The lowest BCUT2D eigenvalue weighted by molar-refractivity contribution is -0.137. The molecule has 1 rings (SSSR count). The molecule has 108 valence electrons. The standard InChI is InChI=1S/C13H24N4O2/c1-4-7-17-9-6-14-11(13(17)19)10-12(18)15-5-8-16(2)3/h4,11,14H,1,5-10H2,2-3H3,(H,15,18). The normalized spacial score (nSPS) is 19.6. The predicted octanol–water partition coefficient (Wildman–Crippen LogP) is -0.959. The number of likely N-dealkylation sites (N-methyl/N-ethyl adjacent to an activating group) is 1. The van der Waals surface area contributed by atoms with Crippen LogP contribution in [0.5, 0.6) is 0 Å². The van der Waals surface area contributed by atoms with Crippen molar-refractivity contribution in [3.63, 3.8) is 0 Å². The van der Waals surface area contributed by atoms with Crippen molar-refractivity contribution in [2.24, 2.45) is 0 Å². The molecule has 6 heteroatoms. The minimum absolute atomic E-state index is 0.0195. The Kier molecular flexibility index (Phi) is 6.52. The third kappa shape index (κ3) is 5.40. The van der Waals surface area contributed by atoms with Crippen molar-refractivity contribution in [3.8, 4) is 0 Å². The molecule has 1 fully saturated rings. The SMILES string of the molecule is C=CCN1CCNC(CC(=O)NCCN(C)C)C1=O. The number of amides is 2. The number of carbonyl (C=O) groups excluding carboxylic acids is 2. The maximum atomic E-state index is 12.1. The molecule has 19 heavy (non-hydrogen) atoms. The third-order valence-electron chi connectivity index (χ3n) is 3.00. The molecule has 0 spiro atoms. The van der Waals surface area contributed by atoms with Gasteiger partial charge < -0.3 is 20.4 Å². The van der Waals surface area contributed by atoms with Crippen molar-refractivity contribution in [2.75, 3.05) is 46.8 Å². The Morgan fingerprint density at radius 1 is 1.63 bits per heavy atom. The summed E-state index contributed by atoms with van der Waals surface area (Å²) >= 11 is 0. The Morgan fingerprint density at radius 3 is 3.00 bits per heavy atom. The van der Waals surface area contributed by atoms with Crippen LogP contribution < -0.4 is 10.6 Å². The van der Waals surface area contributed by atoms with Crippen molar-refractivity contribution in [2.45, 2.75) is 12.5 Å². The summed E-state index contributed by atoms with van der Waals surface area (Å²) < 4.78 is 0. The minimum atomic E-state index is -0.409. The van der Waals surface area contributed by atoms with Gasteiger partial charge in [-0.15, -0.1) is 6.58 Å². The van der Waals surface area contributed by atoms with E-state index in [1.54, 1.807) is 11.0 Å². The van der Waals surface area contributed by atoms with Crippen LogP contribution in [0.1, 0.15) is 6.42 Å². The zero-order chi connectivity index (χ0) is 14.3. The van der Waals surface area contributed by atoms with E-state index in [0.717, 1.165) is 13.1 Å². The van der Waals surface area contributed by atoms with Crippen molar-refractivity contribution in [1.29, 1.82) is 0 Å². The number of hydrogen-bond donors (Lipinski definition) is 2. The molecular weight excluding hydrogens is 244 g/mol. The number of carbonyl (C=O) groups is 2. The van der Waals surface area contributed by atoms with Gasteiger partial charge >= 0.3 is 0 Å². The van der Waals surface area contributed by atoms with Crippen LogP contribution in [-0.4, -0.2) is 74.5 Å². The summed E-state index contributed by atoms with van der Waals surface area (Å²) in [6.45, 7) is 6.95. The molecule has 0 aromatic heterocycles. The zero-order valence-corrected chi connectivity index (χ0v) is 11.8. The molecule has 2 N–H and O–H groups in total. The highest BCUT2D eigenvalue weighted by atomic mass is 16.2. The second kappa shape index (κ2) is 7.91. The molecule has 1 atom stereocenters. The van der Waals surface area contributed by atoms with E-state index in [1.165, 1.54) is 0 Å². The van der Waals surface area contributed by atoms with E-state index in [-0.39, 0.29) is 18.2 Å². The molecule has 1 aliphatic heterocycles. The van der Waals surface area contributed by atoms with Crippen LogP contribution in [0.15, 0.2) is 12.7 Å². The van der Waals surface area contributed by atoms with E-state index in [1.807, 2.05) is 19.0 Å². The highest BCUT2D eigenvalue weighted by Gasteiger charge is 2.29. The Balaban J connectivity index is 2.36. The van der Waals surface area contributed by atoms with E-state index in [2.05, 4.69) is 17.2 Å². The number of hydrogen-bond acceptors (Lipinski definition) is 4. The number of nitrogens with one attached hydrogen (secondary N) is 2. The van der Waals surface area contributed by atoms with E-state index in [9.17, 15) is 9.59 Å². The fraction of sp³-hybridized carbons (Fsp3) is 0.692. The van der Waals surface area contributed by atoms with Crippen molar-refractivity contribution < 1.29 is 9.59 Å². The zero-order valence-electron chi connectivity index (χ0n) is 11.8. The fourth-order valence-electron chi connectivity index (χ4n) is 1.96. The molecule has 0 aromatic carbocycles. The molecule has 1 saturated heterocycles. The van der Waals surface area contributed by atoms with E-state index < -0.39 is 6.04 Å². The van der Waals surface area contributed by atoms with Crippen LogP contribution >= 0.6 is 0 Å². The lowest BCUT2D eigenvalue weighted by Crippen LogP contribution is -2.56. The molecule has 1 aliphatic rings. The van der Waals surface area contributed by atoms with E-state index in [0.29, 0.717) is 19.6 Å². The highest BCUT2D eigenvalue weighted by molar-refractivity contribution is 5.89. The first-order valence-electron chi connectivity index (χ1n) is 6.59. The van der Waals surface area contributed by atoms with Crippen molar-refractivity contribution in [3.05, 3.63) is 12.7 Å². The van der Waals surface area contributed by atoms with E-state index >= 15 is 0 Å². The topological polar surface area (TPSA) is 64.7 Å². The van der Waals surface area contributed by atoms with Crippen LogP contribution in [0, 0.1) is 0 Å². The first kappa shape index (κ1) is 15.7. The summed E-state index contributed by atoms with van der Waals surface area (Å²) in [6.07, 6.45) is 1.90. The Bertz CT molecular complexity index is 331. The van der Waals surface area contributed by atoms with Gasteiger partial charge in [0.2, 0.25) is 11.8 Å². The molecule has 0 aromatic rings. The maximum absolute atomic E-state index is 12.1. The monoisotopic (exact) mass is 268 g/mol. The minimum Gasteiger partial charge on any atom is -0.355 e. The summed E-state index contributed by atoms with van der Waals surface area (Å²) in [7, 11) is 3.90. The second-order valence-corrected chi connectivity index (χ2v) is 4.94. The van der Waals surface area contributed by atoms with Gasteiger partial charge in [0.15, 0.2) is 0 Å². The molecule has 1 heterocycles. The smallest absolute Gasteiger partial charge is 0.240 e. The lowest BCUT2D eigenvalue weighted by atomic mass is 10.1. The van der Waals surface area contributed by atoms with Crippen LogP contribution in [0.2, 0.25) is 0 Å². The highest BCUT2D eigenvalue weighted by Crippen LogP contribution is 2.05. The Labute approximate surface area is 114 Å². The number of piperazine rings is 1. The molecule has 0 radical (unpaired) electrons. The fourth-order valence-corrected chi connectivity index (χ4v) is 1.96. The van der Waals surface area contributed by atoms with Crippen LogP contribution in [-0.2, 0) is 9.59 Å². The maximum Gasteiger partial charge on any atom is 0.240 e. The van der Waals surface area contributed by atoms with E-state index in [4.69, 9.17) is 0 Å². The van der Waals surface area contributed by atoms with Gasteiger partial charge in [0.25, 0.3) is 0 Å². The Hall–Kier alpha value is -1.40. The van der Waals surface area contributed by atoms with Gasteiger partial charge in [-0.1, -0.05) is 6.08 Å². The molecule has 1 unspecified atom stereocenters. The van der Waals surface area contributed by atoms with Crippen LogP contribution in [0.25, 0.3) is 0 Å². The Morgan fingerprint density at radius 2 is 2.37 bits per heavy atom. The largest absolute Gasteiger partial charge is 0.355 e. The van der Waals surface area contributed by atoms with Gasteiger partial charge in [-0.2, -0.15) is 0 Å². The molecular formula is C13H24N4O2. The van der Waals surface area contributed by atoms with Gasteiger partial charge in [0.05, 0.1) is 12.5 Å². The molecule has 2 amide bonds.